The van der Waals surface area contributed by atoms with Gasteiger partial charge in [-0.05, 0) is 60.7 Å². The summed E-state index contributed by atoms with van der Waals surface area (Å²) in [7, 11) is 0. The van der Waals surface area contributed by atoms with Crippen LogP contribution in [0.5, 0.6) is 0 Å². The van der Waals surface area contributed by atoms with E-state index in [9.17, 15) is 9.90 Å². The maximum absolute atomic E-state index is 11.4. The summed E-state index contributed by atoms with van der Waals surface area (Å²) >= 11 is 9.61. The van der Waals surface area contributed by atoms with E-state index in [1.807, 2.05) is 24.3 Å². The molecule has 0 bridgehead atoms. The van der Waals surface area contributed by atoms with Crippen molar-refractivity contribution in [1.29, 1.82) is 0 Å². The van der Waals surface area contributed by atoms with Crippen molar-refractivity contribution in [1.82, 2.24) is 4.57 Å². The Morgan fingerprint density at radius 3 is 2.73 bits per heavy atom. The Bertz CT molecular complexity index is 978. The number of fused-ring (bicyclic) bond motifs is 3. The highest BCUT2D eigenvalue weighted by Gasteiger charge is 2.29. The van der Waals surface area contributed by atoms with E-state index >= 15 is 0 Å². The van der Waals surface area contributed by atoms with E-state index in [1.54, 1.807) is 0 Å². The molecule has 3 nitrogen and oxygen atoms in total. The number of aliphatic carboxylic acids is 1. The standard InChI is InChI=1S/C21H19BrClNO2/c22-15-6-9-19-18(11-15)17-3-1-2-14(10-20(25)26)21(17)24(19)12-13-4-7-16(23)8-5-13/h4-9,11,14H,1-3,10,12H2,(H,25,26). The van der Waals surface area contributed by atoms with Gasteiger partial charge in [0.2, 0.25) is 0 Å². The van der Waals surface area contributed by atoms with Crippen molar-refractivity contribution in [3.8, 4) is 0 Å². The molecule has 0 saturated carbocycles. The highest BCUT2D eigenvalue weighted by molar-refractivity contribution is 9.10. The number of carboxylic acid groups (broad SMARTS) is 1. The van der Waals surface area contributed by atoms with E-state index in [2.05, 4.69) is 38.7 Å². The molecule has 1 N–H and O–H groups in total. The first-order chi connectivity index (χ1) is 12.5. The van der Waals surface area contributed by atoms with Crippen molar-refractivity contribution < 1.29 is 9.90 Å². The first-order valence-corrected chi connectivity index (χ1v) is 9.97. The number of carboxylic acids is 1. The molecule has 4 rings (SSSR count). The van der Waals surface area contributed by atoms with Crippen LogP contribution in [0.3, 0.4) is 0 Å². The molecule has 0 fully saturated rings. The van der Waals surface area contributed by atoms with E-state index in [0.29, 0.717) is 0 Å². The van der Waals surface area contributed by atoms with Gasteiger partial charge < -0.3 is 9.67 Å². The van der Waals surface area contributed by atoms with Crippen LogP contribution >= 0.6 is 27.5 Å². The number of hydrogen-bond donors (Lipinski definition) is 1. The lowest BCUT2D eigenvalue weighted by atomic mass is 9.84. The molecule has 1 atom stereocenters. The molecule has 0 spiro atoms. The summed E-state index contributed by atoms with van der Waals surface area (Å²) in [6.07, 6.45) is 3.16. The van der Waals surface area contributed by atoms with E-state index in [1.165, 1.54) is 22.2 Å². The number of rotatable bonds is 4. The van der Waals surface area contributed by atoms with E-state index < -0.39 is 5.97 Å². The molecule has 1 unspecified atom stereocenters. The van der Waals surface area contributed by atoms with Crippen LogP contribution in [-0.2, 0) is 17.8 Å². The van der Waals surface area contributed by atoms with Crippen LogP contribution in [0.25, 0.3) is 10.9 Å². The second kappa shape index (κ2) is 7.09. The normalized spacial score (nSPS) is 16.6. The summed E-state index contributed by atoms with van der Waals surface area (Å²) in [5.74, 6) is -0.665. The summed E-state index contributed by atoms with van der Waals surface area (Å²) < 4.78 is 3.37. The van der Waals surface area contributed by atoms with E-state index in [-0.39, 0.29) is 12.3 Å². The van der Waals surface area contributed by atoms with Gasteiger partial charge in [0.25, 0.3) is 0 Å². The first-order valence-electron chi connectivity index (χ1n) is 8.79. The fraction of sp³-hybridized carbons (Fsp3) is 0.286. The fourth-order valence-corrected chi connectivity index (χ4v) is 4.65. The molecule has 0 aliphatic heterocycles. The topological polar surface area (TPSA) is 42.2 Å². The predicted molar refractivity (Wildman–Crippen MR) is 108 cm³/mol. The molecule has 1 heterocycles. The molecule has 1 aliphatic carbocycles. The van der Waals surface area contributed by atoms with Gasteiger partial charge in [0.1, 0.15) is 0 Å². The smallest absolute Gasteiger partial charge is 0.304 e. The van der Waals surface area contributed by atoms with Gasteiger partial charge in [-0.15, -0.1) is 0 Å². The molecule has 0 saturated heterocycles. The Balaban J connectivity index is 1.89. The molecule has 3 aromatic rings. The Hall–Kier alpha value is -1.78. The third-order valence-electron chi connectivity index (χ3n) is 5.22. The van der Waals surface area contributed by atoms with Gasteiger partial charge in [-0.2, -0.15) is 0 Å². The van der Waals surface area contributed by atoms with Gasteiger partial charge in [0, 0.05) is 38.6 Å². The number of carbonyl (C=O) groups is 1. The van der Waals surface area contributed by atoms with Crippen LogP contribution in [0, 0.1) is 0 Å². The zero-order chi connectivity index (χ0) is 18.3. The monoisotopic (exact) mass is 431 g/mol. The highest BCUT2D eigenvalue weighted by atomic mass is 79.9. The van der Waals surface area contributed by atoms with Gasteiger partial charge in [0.15, 0.2) is 0 Å². The van der Waals surface area contributed by atoms with Crippen molar-refractivity contribution >= 4 is 44.4 Å². The second-order valence-electron chi connectivity index (χ2n) is 6.92. The number of halogens is 2. The lowest BCUT2D eigenvalue weighted by molar-refractivity contribution is -0.137. The molecule has 5 heteroatoms. The Morgan fingerprint density at radius 2 is 2.00 bits per heavy atom. The van der Waals surface area contributed by atoms with Crippen LogP contribution in [0.4, 0.5) is 0 Å². The van der Waals surface area contributed by atoms with Crippen molar-refractivity contribution in [3.05, 3.63) is 68.8 Å². The minimum Gasteiger partial charge on any atom is -0.481 e. The Labute approximate surface area is 165 Å². The van der Waals surface area contributed by atoms with Crippen molar-refractivity contribution in [3.63, 3.8) is 0 Å². The maximum atomic E-state index is 11.4. The van der Waals surface area contributed by atoms with Crippen LogP contribution in [0.1, 0.15) is 42.0 Å². The van der Waals surface area contributed by atoms with Gasteiger partial charge in [-0.25, -0.2) is 0 Å². The molecule has 0 amide bonds. The third-order valence-corrected chi connectivity index (χ3v) is 5.96. The Kier molecular flexibility index (Phi) is 4.80. The third kappa shape index (κ3) is 3.28. The molecule has 1 aliphatic rings. The van der Waals surface area contributed by atoms with Gasteiger partial charge in [-0.1, -0.05) is 39.7 Å². The summed E-state index contributed by atoms with van der Waals surface area (Å²) in [6.45, 7) is 0.723. The lowest BCUT2D eigenvalue weighted by Crippen LogP contribution is -2.17. The van der Waals surface area contributed by atoms with Crippen LogP contribution in [-0.4, -0.2) is 15.6 Å². The van der Waals surface area contributed by atoms with Crippen molar-refractivity contribution in [2.75, 3.05) is 0 Å². The molecule has 2 aromatic carbocycles. The molecule has 134 valence electrons. The van der Waals surface area contributed by atoms with Crippen molar-refractivity contribution in [2.45, 2.75) is 38.1 Å². The largest absolute Gasteiger partial charge is 0.481 e. The predicted octanol–water partition coefficient (Wildman–Crippen LogP) is 6.00. The zero-order valence-corrected chi connectivity index (χ0v) is 16.6. The number of benzene rings is 2. The molecule has 1 aromatic heterocycles. The second-order valence-corrected chi connectivity index (χ2v) is 8.28. The minimum absolute atomic E-state index is 0.0646. The van der Waals surface area contributed by atoms with E-state index in [0.717, 1.165) is 40.9 Å². The van der Waals surface area contributed by atoms with Gasteiger partial charge >= 0.3 is 5.97 Å². The summed E-state index contributed by atoms with van der Waals surface area (Å²) in [5, 5.41) is 11.3. The number of aryl methyl sites for hydroxylation is 1. The fourth-order valence-electron chi connectivity index (χ4n) is 4.16. The molecule has 0 radical (unpaired) electrons. The van der Waals surface area contributed by atoms with Gasteiger partial charge in [-0.3, -0.25) is 4.79 Å². The van der Waals surface area contributed by atoms with Crippen LogP contribution in [0.15, 0.2) is 46.9 Å². The minimum atomic E-state index is -0.729. The lowest BCUT2D eigenvalue weighted by Gasteiger charge is -2.24. The van der Waals surface area contributed by atoms with Gasteiger partial charge in [0.05, 0.1) is 6.42 Å². The number of hydrogen-bond acceptors (Lipinski definition) is 1. The highest BCUT2D eigenvalue weighted by Crippen LogP contribution is 2.41. The molecular weight excluding hydrogens is 414 g/mol. The van der Waals surface area contributed by atoms with Crippen molar-refractivity contribution in [2.24, 2.45) is 0 Å². The first kappa shape index (κ1) is 17.6. The average molecular weight is 433 g/mol. The SMILES string of the molecule is O=C(O)CC1CCCc2c1n(Cc1ccc(Cl)cc1)c1ccc(Br)cc21. The summed E-state index contributed by atoms with van der Waals surface area (Å²) in [4.78, 5) is 11.4. The quantitative estimate of drug-likeness (QED) is 0.549. The molecular formula is C21H19BrClNO2. The Morgan fingerprint density at radius 1 is 1.23 bits per heavy atom. The zero-order valence-electron chi connectivity index (χ0n) is 14.2. The average Bonchev–Trinajstić information content (AvgIpc) is 2.91. The van der Waals surface area contributed by atoms with E-state index in [4.69, 9.17) is 11.6 Å². The molecule has 26 heavy (non-hydrogen) atoms. The van der Waals surface area contributed by atoms with Crippen LogP contribution < -0.4 is 0 Å². The number of aromatic nitrogens is 1. The summed E-state index contributed by atoms with van der Waals surface area (Å²) in [5.41, 5.74) is 4.84. The number of nitrogens with zero attached hydrogens (tertiary/aromatic N) is 1. The summed E-state index contributed by atoms with van der Waals surface area (Å²) in [6, 6.07) is 14.2. The maximum Gasteiger partial charge on any atom is 0.304 e. The van der Waals surface area contributed by atoms with Crippen LogP contribution in [0.2, 0.25) is 5.02 Å².